The smallest absolute Gasteiger partial charge is 0.0608 e. The lowest BCUT2D eigenvalue weighted by atomic mass is 10.2. The van der Waals surface area contributed by atoms with Crippen molar-refractivity contribution >= 4 is 5.69 Å². The number of hydrogen-bond acceptors (Lipinski definition) is 3. The molecular formula is C8H13N3. The molecule has 0 aromatic carbocycles. The first-order valence-electron chi connectivity index (χ1n) is 3.58. The zero-order valence-corrected chi connectivity index (χ0v) is 6.89. The van der Waals surface area contributed by atoms with Crippen molar-refractivity contribution in [2.24, 2.45) is 5.73 Å². The summed E-state index contributed by atoms with van der Waals surface area (Å²) in [6.07, 6.45) is 0. The molecular weight excluding hydrogens is 138 g/mol. The molecule has 11 heavy (non-hydrogen) atoms. The van der Waals surface area contributed by atoms with E-state index in [1.54, 1.807) is 0 Å². The molecule has 0 bridgehead atoms. The molecule has 3 nitrogen and oxygen atoms in total. The van der Waals surface area contributed by atoms with E-state index in [0.29, 0.717) is 6.54 Å². The van der Waals surface area contributed by atoms with Crippen LogP contribution >= 0.6 is 0 Å². The maximum absolute atomic E-state index is 5.70. The van der Waals surface area contributed by atoms with Crippen LogP contribution in [-0.2, 0) is 6.54 Å². The highest BCUT2D eigenvalue weighted by Crippen LogP contribution is 2.14. The maximum atomic E-state index is 5.70. The van der Waals surface area contributed by atoms with Gasteiger partial charge >= 0.3 is 0 Å². The van der Waals surface area contributed by atoms with Crippen LogP contribution < -0.4 is 11.5 Å². The Hall–Kier alpha value is -1.09. The number of aromatic nitrogens is 1. The Balaban J connectivity index is 3.21. The summed E-state index contributed by atoms with van der Waals surface area (Å²) < 4.78 is 0. The van der Waals surface area contributed by atoms with Gasteiger partial charge in [0.15, 0.2) is 0 Å². The highest BCUT2D eigenvalue weighted by atomic mass is 14.8. The molecule has 0 saturated heterocycles. The van der Waals surface area contributed by atoms with Gasteiger partial charge in [-0.25, -0.2) is 0 Å². The van der Waals surface area contributed by atoms with Crippen LogP contribution in [0.15, 0.2) is 6.07 Å². The van der Waals surface area contributed by atoms with Crippen LogP contribution in [0.1, 0.15) is 17.0 Å². The van der Waals surface area contributed by atoms with Crippen LogP contribution in [0.4, 0.5) is 5.69 Å². The van der Waals surface area contributed by atoms with E-state index in [9.17, 15) is 0 Å². The molecule has 0 atom stereocenters. The van der Waals surface area contributed by atoms with Crippen LogP contribution in [0, 0.1) is 13.8 Å². The van der Waals surface area contributed by atoms with Gasteiger partial charge in [0, 0.05) is 6.54 Å². The van der Waals surface area contributed by atoms with Gasteiger partial charge in [0.1, 0.15) is 0 Å². The highest BCUT2D eigenvalue weighted by Gasteiger charge is 2.00. The van der Waals surface area contributed by atoms with Crippen molar-refractivity contribution < 1.29 is 0 Å². The van der Waals surface area contributed by atoms with E-state index in [4.69, 9.17) is 11.5 Å². The summed E-state index contributed by atoms with van der Waals surface area (Å²) in [6.45, 7) is 4.33. The molecule has 0 unspecified atom stereocenters. The Morgan fingerprint density at radius 2 is 2.09 bits per heavy atom. The van der Waals surface area contributed by atoms with Gasteiger partial charge in [-0.3, -0.25) is 4.98 Å². The fraction of sp³-hybridized carbons (Fsp3) is 0.375. The third-order valence-electron chi connectivity index (χ3n) is 1.72. The summed E-state index contributed by atoms with van der Waals surface area (Å²) in [6, 6.07) is 1.92. The molecule has 0 saturated carbocycles. The molecule has 0 fully saturated rings. The van der Waals surface area contributed by atoms with Gasteiger partial charge in [-0.1, -0.05) is 0 Å². The Morgan fingerprint density at radius 3 is 2.55 bits per heavy atom. The minimum absolute atomic E-state index is 0.474. The summed E-state index contributed by atoms with van der Waals surface area (Å²) in [5.74, 6) is 0. The number of nitrogens with two attached hydrogens (primary N) is 2. The molecule has 0 radical (unpaired) electrons. The molecule has 0 aliphatic heterocycles. The first kappa shape index (κ1) is 8.01. The van der Waals surface area contributed by atoms with Gasteiger partial charge in [-0.2, -0.15) is 0 Å². The first-order chi connectivity index (χ1) is 5.15. The summed E-state index contributed by atoms with van der Waals surface area (Å²) in [5, 5.41) is 0. The lowest BCUT2D eigenvalue weighted by Crippen LogP contribution is -2.04. The number of pyridine rings is 1. The van der Waals surface area contributed by atoms with E-state index in [1.165, 1.54) is 0 Å². The minimum atomic E-state index is 0.474. The molecule has 60 valence electrons. The summed E-state index contributed by atoms with van der Waals surface area (Å²) >= 11 is 0. The van der Waals surface area contributed by atoms with Crippen LogP contribution in [0.3, 0.4) is 0 Å². The predicted octanol–water partition coefficient (Wildman–Crippen LogP) is 0.739. The van der Waals surface area contributed by atoms with Crippen LogP contribution in [0.5, 0.6) is 0 Å². The van der Waals surface area contributed by atoms with E-state index >= 15 is 0 Å². The lowest BCUT2D eigenvalue weighted by Gasteiger charge is -2.05. The third kappa shape index (κ3) is 1.49. The minimum Gasteiger partial charge on any atom is -0.397 e. The van der Waals surface area contributed by atoms with Crippen LogP contribution in [0.2, 0.25) is 0 Å². The second-order valence-corrected chi connectivity index (χ2v) is 2.63. The number of hydrogen-bond donors (Lipinski definition) is 2. The lowest BCUT2D eigenvalue weighted by molar-refractivity contribution is 0.965. The van der Waals surface area contributed by atoms with Crippen molar-refractivity contribution in [1.29, 1.82) is 0 Å². The second kappa shape index (κ2) is 2.88. The average Bonchev–Trinajstić information content (AvgIpc) is 1.99. The van der Waals surface area contributed by atoms with Gasteiger partial charge in [-0.15, -0.1) is 0 Å². The maximum Gasteiger partial charge on any atom is 0.0608 e. The van der Waals surface area contributed by atoms with E-state index in [0.717, 1.165) is 22.6 Å². The molecule has 4 N–H and O–H groups in total. The first-order valence-corrected chi connectivity index (χ1v) is 3.58. The zero-order valence-electron chi connectivity index (χ0n) is 6.89. The van der Waals surface area contributed by atoms with E-state index in [1.807, 2.05) is 19.9 Å². The molecule has 3 heteroatoms. The number of aryl methyl sites for hydroxylation is 2. The second-order valence-electron chi connectivity index (χ2n) is 2.63. The fourth-order valence-corrected chi connectivity index (χ4v) is 1.03. The topological polar surface area (TPSA) is 64.9 Å². The van der Waals surface area contributed by atoms with Crippen molar-refractivity contribution in [1.82, 2.24) is 4.98 Å². The van der Waals surface area contributed by atoms with E-state index in [-0.39, 0.29) is 0 Å². The largest absolute Gasteiger partial charge is 0.397 e. The Labute approximate surface area is 66.4 Å². The summed E-state index contributed by atoms with van der Waals surface area (Å²) in [4.78, 5) is 4.20. The SMILES string of the molecule is Cc1cc(CN)nc(C)c1N. The van der Waals surface area contributed by atoms with Gasteiger partial charge in [0.05, 0.1) is 17.1 Å². The van der Waals surface area contributed by atoms with Crippen molar-refractivity contribution in [3.05, 3.63) is 23.0 Å². The standard InChI is InChI=1S/C8H13N3/c1-5-3-7(4-9)11-6(2)8(5)10/h3H,4,9-10H2,1-2H3. The Kier molecular flexibility index (Phi) is 2.10. The molecule has 0 amide bonds. The van der Waals surface area contributed by atoms with Crippen molar-refractivity contribution in [3.8, 4) is 0 Å². The zero-order chi connectivity index (χ0) is 8.43. The van der Waals surface area contributed by atoms with Gasteiger partial charge in [0.25, 0.3) is 0 Å². The van der Waals surface area contributed by atoms with Crippen LogP contribution in [-0.4, -0.2) is 4.98 Å². The number of nitrogens with zero attached hydrogens (tertiary/aromatic N) is 1. The van der Waals surface area contributed by atoms with Crippen molar-refractivity contribution in [3.63, 3.8) is 0 Å². The normalized spacial score (nSPS) is 10.1. The Morgan fingerprint density at radius 1 is 1.45 bits per heavy atom. The van der Waals surface area contributed by atoms with Gasteiger partial charge in [0.2, 0.25) is 0 Å². The molecule has 1 aromatic rings. The van der Waals surface area contributed by atoms with Crippen molar-refractivity contribution in [2.75, 3.05) is 5.73 Å². The summed E-state index contributed by atoms with van der Waals surface area (Å²) in [7, 11) is 0. The van der Waals surface area contributed by atoms with Crippen molar-refractivity contribution in [2.45, 2.75) is 20.4 Å². The number of nitrogen functional groups attached to an aromatic ring is 1. The molecule has 0 aliphatic rings. The molecule has 1 aromatic heterocycles. The van der Waals surface area contributed by atoms with Gasteiger partial charge < -0.3 is 11.5 Å². The Bertz CT molecular complexity index is 245. The number of rotatable bonds is 1. The van der Waals surface area contributed by atoms with E-state index < -0.39 is 0 Å². The van der Waals surface area contributed by atoms with Gasteiger partial charge in [-0.05, 0) is 25.5 Å². The molecule has 1 rings (SSSR count). The monoisotopic (exact) mass is 151 g/mol. The fourth-order valence-electron chi connectivity index (χ4n) is 1.03. The highest BCUT2D eigenvalue weighted by molar-refractivity contribution is 5.50. The van der Waals surface area contributed by atoms with E-state index in [2.05, 4.69) is 4.98 Å². The predicted molar refractivity (Wildman–Crippen MR) is 46.0 cm³/mol. The summed E-state index contributed by atoms with van der Waals surface area (Å²) in [5.41, 5.74) is 14.7. The molecule has 0 spiro atoms. The molecule has 0 aliphatic carbocycles. The quantitative estimate of drug-likeness (QED) is 0.622. The third-order valence-corrected chi connectivity index (χ3v) is 1.72. The molecule has 1 heterocycles. The number of anilines is 1. The van der Waals surface area contributed by atoms with Crippen LogP contribution in [0.25, 0.3) is 0 Å². The average molecular weight is 151 g/mol.